The van der Waals surface area contributed by atoms with Gasteiger partial charge in [-0.2, -0.15) is 5.10 Å². The van der Waals surface area contributed by atoms with Crippen molar-refractivity contribution in [2.75, 3.05) is 6.26 Å². The van der Waals surface area contributed by atoms with Crippen LogP contribution in [0.1, 0.15) is 17.6 Å². The Labute approximate surface area is 173 Å². The molecule has 0 amide bonds. The van der Waals surface area contributed by atoms with Crippen molar-refractivity contribution in [3.63, 3.8) is 0 Å². The largest absolute Gasteiger partial charge is 0.303 e. The number of pyridine rings is 1. The van der Waals surface area contributed by atoms with E-state index in [1.807, 2.05) is 53.2 Å². The number of hydrogen-bond donors (Lipinski definition) is 0. The third kappa shape index (κ3) is 3.88. The molecule has 0 saturated carbocycles. The Morgan fingerprint density at radius 2 is 2.07 bits per heavy atom. The van der Waals surface area contributed by atoms with Gasteiger partial charge in [0.05, 0.1) is 33.2 Å². The molecule has 0 fully saturated rings. The van der Waals surface area contributed by atoms with E-state index >= 15 is 0 Å². The molecule has 6 nitrogen and oxygen atoms in total. The second-order valence-corrected chi connectivity index (χ2v) is 8.92. The van der Waals surface area contributed by atoms with E-state index in [2.05, 4.69) is 16.0 Å². The van der Waals surface area contributed by atoms with E-state index in [4.69, 9.17) is 5.10 Å². The van der Waals surface area contributed by atoms with Gasteiger partial charge in [-0.25, -0.2) is 14.5 Å². The molecule has 0 bridgehead atoms. The van der Waals surface area contributed by atoms with Crippen molar-refractivity contribution >= 4 is 31.8 Å². The lowest BCUT2D eigenvalue weighted by Crippen LogP contribution is -1.98. The molecule has 0 radical (unpaired) electrons. The molecule has 0 aliphatic carbocycles. The van der Waals surface area contributed by atoms with Gasteiger partial charge in [0, 0.05) is 30.6 Å². The van der Waals surface area contributed by atoms with Crippen molar-refractivity contribution in [3.05, 3.63) is 66.5 Å². The Morgan fingerprint density at radius 1 is 1.21 bits per heavy atom. The molecule has 146 valence electrons. The van der Waals surface area contributed by atoms with Crippen molar-refractivity contribution in [2.45, 2.75) is 17.2 Å². The Kier molecular flexibility index (Phi) is 5.60. The summed E-state index contributed by atoms with van der Waals surface area (Å²) in [5.41, 5.74) is 5.42. The van der Waals surface area contributed by atoms with Gasteiger partial charge >= 0.3 is 0 Å². The molecule has 0 N–H and O–H groups in total. The van der Waals surface area contributed by atoms with E-state index in [-0.39, 0.29) is 5.66 Å². The fourth-order valence-corrected chi connectivity index (χ4v) is 4.09. The van der Waals surface area contributed by atoms with E-state index in [1.165, 1.54) is 0 Å². The predicted molar refractivity (Wildman–Crippen MR) is 119 cm³/mol. The third-order valence-corrected chi connectivity index (χ3v) is 6.21. The van der Waals surface area contributed by atoms with Crippen LogP contribution >= 0.6 is 9.24 Å². The predicted octanol–water partition coefficient (Wildman–Crippen LogP) is 3.43. The topological polar surface area (TPSA) is 77.2 Å². The second kappa shape index (κ2) is 8.31. The van der Waals surface area contributed by atoms with Crippen LogP contribution in [0.2, 0.25) is 0 Å². The Hall–Kier alpha value is -2.76. The van der Waals surface area contributed by atoms with E-state index in [9.17, 15) is 9.00 Å². The van der Waals surface area contributed by atoms with Crippen LogP contribution in [0.25, 0.3) is 28.0 Å². The number of carbonyl (C=O) groups excluding carboxylic acids is 1. The number of nitrogens with zero attached hydrogens (tertiary/aromatic N) is 4. The fourth-order valence-electron chi connectivity index (χ4n) is 3.26. The van der Waals surface area contributed by atoms with Gasteiger partial charge in [-0.05, 0) is 39.1 Å². The summed E-state index contributed by atoms with van der Waals surface area (Å²) in [4.78, 5) is 19.6. The highest BCUT2D eigenvalue weighted by atomic mass is 32.2. The zero-order valence-corrected chi connectivity index (χ0v) is 18.1. The first kappa shape index (κ1) is 19.6. The van der Waals surface area contributed by atoms with Crippen LogP contribution in [0.4, 0.5) is 0 Å². The molecule has 8 heteroatoms. The highest BCUT2D eigenvalue weighted by Crippen LogP contribution is 2.36. The van der Waals surface area contributed by atoms with Crippen molar-refractivity contribution in [3.8, 4) is 22.5 Å². The van der Waals surface area contributed by atoms with E-state index in [1.54, 1.807) is 21.7 Å². The van der Waals surface area contributed by atoms with Gasteiger partial charge in [0.1, 0.15) is 12.0 Å². The molecule has 3 heterocycles. The molecular formula is C21H20N4O2PS+. The summed E-state index contributed by atoms with van der Waals surface area (Å²) in [6.45, 7) is 0. The maximum absolute atomic E-state index is 11.9. The Morgan fingerprint density at radius 3 is 2.86 bits per heavy atom. The van der Waals surface area contributed by atoms with Crippen molar-refractivity contribution < 1.29 is 9.00 Å². The highest BCUT2D eigenvalue weighted by molar-refractivity contribution is 7.84. The second-order valence-electron chi connectivity index (χ2n) is 6.66. The molecule has 3 unspecified atom stereocenters. The lowest BCUT2D eigenvalue weighted by molar-refractivity contribution is -0.107. The van der Waals surface area contributed by atoms with Crippen LogP contribution in [0.3, 0.4) is 0 Å². The van der Waals surface area contributed by atoms with Crippen molar-refractivity contribution in [2.24, 2.45) is 0 Å². The SMILES string of the molecule is CS(=O)c1nccc(-c2c(-c3cccc(C([PH3+])CC=O)c3)nn3ccccc23)n1. The molecule has 1 aromatic carbocycles. The molecule has 4 aromatic rings. The molecule has 3 aromatic heterocycles. The minimum atomic E-state index is -1.28. The van der Waals surface area contributed by atoms with Crippen LogP contribution in [0, 0.1) is 0 Å². The van der Waals surface area contributed by atoms with Crippen LogP contribution in [0.15, 0.2) is 66.1 Å². The molecule has 29 heavy (non-hydrogen) atoms. The van der Waals surface area contributed by atoms with Crippen LogP contribution in [-0.4, -0.2) is 36.3 Å². The van der Waals surface area contributed by atoms with E-state index in [0.29, 0.717) is 17.3 Å². The third-order valence-electron chi connectivity index (χ3n) is 4.70. The zero-order chi connectivity index (χ0) is 20.4. The first-order chi connectivity index (χ1) is 14.1. The molecule has 0 saturated heterocycles. The maximum Gasteiger partial charge on any atom is 0.218 e. The maximum atomic E-state index is 11.9. The van der Waals surface area contributed by atoms with Gasteiger partial charge in [0.2, 0.25) is 5.16 Å². The van der Waals surface area contributed by atoms with Gasteiger partial charge < -0.3 is 4.79 Å². The Balaban J connectivity index is 1.94. The first-order valence-electron chi connectivity index (χ1n) is 9.09. The average Bonchev–Trinajstić information content (AvgIpc) is 3.14. The molecule has 3 atom stereocenters. The van der Waals surface area contributed by atoms with Crippen LogP contribution < -0.4 is 0 Å². The Bertz CT molecular complexity index is 1220. The molecule has 4 rings (SSSR count). The minimum Gasteiger partial charge on any atom is -0.303 e. The summed E-state index contributed by atoms with van der Waals surface area (Å²) in [5.74, 6) is 0. The number of rotatable bonds is 6. The summed E-state index contributed by atoms with van der Waals surface area (Å²) in [6.07, 6.45) is 6.52. The highest BCUT2D eigenvalue weighted by Gasteiger charge is 2.19. The van der Waals surface area contributed by atoms with Crippen molar-refractivity contribution in [1.82, 2.24) is 19.6 Å². The number of fused-ring (bicyclic) bond motifs is 1. The number of aromatic nitrogens is 4. The summed E-state index contributed by atoms with van der Waals surface area (Å²) in [5, 5.41) is 5.08. The number of hydrogen-bond acceptors (Lipinski definition) is 5. The quantitative estimate of drug-likeness (QED) is 0.270. The molecule has 0 aliphatic heterocycles. The lowest BCUT2D eigenvalue weighted by atomic mass is 10.00. The van der Waals surface area contributed by atoms with Gasteiger partial charge in [-0.15, -0.1) is 0 Å². The van der Waals surface area contributed by atoms with Crippen molar-refractivity contribution in [1.29, 1.82) is 0 Å². The summed E-state index contributed by atoms with van der Waals surface area (Å²) < 4.78 is 13.7. The monoisotopic (exact) mass is 423 g/mol. The summed E-state index contributed by atoms with van der Waals surface area (Å²) in [7, 11) is 0.527. The molecule has 0 spiro atoms. The number of carbonyl (C=O) groups is 1. The van der Waals surface area contributed by atoms with Crippen LogP contribution in [0.5, 0.6) is 0 Å². The number of benzene rings is 1. The molecule has 0 aliphatic rings. The normalized spacial score (nSPS) is 13.4. The number of aldehydes is 1. The van der Waals surface area contributed by atoms with Gasteiger partial charge in [-0.3, -0.25) is 4.21 Å². The van der Waals surface area contributed by atoms with Gasteiger partial charge in [0.25, 0.3) is 0 Å². The summed E-state index contributed by atoms with van der Waals surface area (Å²) in [6, 6.07) is 15.8. The average molecular weight is 423 g/mol. The van der Waals surface area contributed by atoms with Gasteiger partial charge in [0.15, 0.2) is 0 Å². The fraction of sp³-hybridized carbons (Fsp3) is 0.143. The van der Waals surface area contributed by atoms with Gasteiger partial charge in [-0.1, -0.05) is 24.3 Å². The minimum absolute atomic E-state index is 0.154. The molecular weight excluding hydrogens is 403 g/mol. The van der Waals surface area contributed by atoms with Crippen LogP contribution in [-0.2, 0) is 15.6 Å². The lowest BCUT2D eigenvalue weighted by Gasteiger charge is -2.08. The zero-order valence-electron chi connectivity index (χ0n) is 15.9. The van der Waals surface area contributed by atoms with E-state index < -0.39 is 10.8 Å². The van der Waals surface area contributed by atoms with E-state index in [0.717, 1.165) is 34.2 Å². The smallest absolute Gasteiger partial charge is 0.218 e. The first-order valence-corrected chi connectivity index (χ1v) is 11.5. The summed E-state index contributed by atoms with van der Waals surface area (Å²) >= 11 is 0. The standard InChI is InChI=1S/C21H19N4O2PS/c1-29(27)21-22-10-8-16(23-21)19-17-7-2-3-11-25(17)24-20(19)15-6-4-5-14(13-15)18(28)9-12-26/h2-8,10-13,18H,9,28H2,1H3/p+1.